The zero-order valence-electron chi connectivity index (χ0n) is 10.9. The van der Waals surface area contributed by atoms with Crippen LogP contribution in [-0.2, 0) is 0 Å². The molecule has 3 nitrogen and oxygen atoms in total. The standard InChI is InChI=1S/C14H16Cl2N2O.ClH/c15-12-4-1-9(7-13(12)16)14(19)18-10-2-3-11(18)8-17-6-5-10;/h1,4,7,10-11,17H,2-3,5-6,8H2;1H. The number of carbonyl (C=O) groups excluding carboxylic acids is 1. The molecule has 1 amide bonds. The first-order chi connectivity index (χ1) is 9.16. The van der Waals surface area contributed by atoms with E-state index in [1.807, 2.05) is 4.90 Å². The fourth-order valence-corrected chi connectivity index (χ4v) is 3.39. The Labute approximate surface area is 135 Å². The first kappa shape index (κ1) is 15.9. The van der Waals surface area contributed by atoms with Gasteiger partial charge in [-0.3, -0.25) is 4.79 Å². The normalized spacial score (nSPS) is 25.0. The summed E-state index contributed by atoms with van der Waals surface area (Å²) in [6.07, 6.45) is 3.23. The maximum Gasteiger partial charge on any atom is 0.254 e. The molecule has 20 heavy (non-hydrogen) atoms. The molecule has 2 unspecified atom stereocenters. The van der Waals surface area contributed by atoms with Crippen molar-refractivity contribution in [2.75, 3.05) is 13.1 Å². The number of fused-ring (bicyclic) bond motifs is 2. The first-order valence-corrected chi connectivity index (χ1v) is 7.41. The molecular formula is C14H17Cl3N2O. The summed E-state index contributed by atoms with van der Waals surface area (Å²) in [4.78, 5) is 14.7. The summed E-state index contributed by atoms with van der Waals surface area (Å²) in [5, 5.41) is 4.32. The van der Waals surface area contributed by atoms with Crippen LogP contribution in [0.3, 0.4) is 0 Å². The Balaban J connectivity index is 0.00000147. The van der Waals surface area contributed by atoms with E-state index >= 15 is 0 Å². The van der Waals surface area contributed by atoms with E-state index in [4.69, 9.17) is 23.2 Å². The van der Waals surface area contributed by atoms with Crippen molar-refractivity contribution in [3.63, 3.8) is 0 Å². The third kappa shape index (κ3) is 2.91. The number of nitrogens with one attached hydrogen (secondary N) is 1. The number of carbonyl (C=O) groups is 1. The third-order valence-corrected chi connectivity index (χ3v) is 4.79. The van der Waals surface area contributed by atoms with Crippen molar-refractivity contribution < 1.29 is 4.79 Å². The van der Waals surface area contributed by atoms with Crippen LogP contribution in [0.4, 0.5) is 0 Å². The van der Waals surface area contributed by atoms with E-state index in [9.17, 15) is 4.79 Å². The van der Waals surface area contributed by atoms with Gasteiger partial charge in [0.25, 0.3) is 5.91 Å². The van der Waals surface area contributed by atoms with E-state index in [2.05, 4.69) is 5.32 Å². The van der Waals surface area contributed by atoms with Crippen molar-refractivity contribution in [2.24, 2.45) is 0 Å². The second-order valence-corrected chi connectivity index (χ2v) is 6.03. The first-order valence-electron chi connectivity index (χ1n) is 6.65. The highest BCUT2D eigenvalue weighted by Crippen LogP contribution is 2.31. The van der Waals surface area contributed by atoms with Gasteiger partial charge < -0.3 is 10.2 Å². The highest BCUT2D eigenvalue weighted by atomic mass is 35.5. The highest BCUT2D eigenvalue weighted by Gasteiger charge is 2.38. The molecule has 110 valence electrons. The molecule has 2 fully saturated rings. The van der Waals surface area contributed by atoms with E-state index in [0.717, 1.165) is 32.4 Å². The topological polar surface area (TPSA) is 32.3 Å². The Bertz CT molecular complexity index is 495. The van der Waals surface area contributed by atoms with Crippen molar-refractivity contribution >= 4 is 41.5 Å². The van der Waals surface area contributed by atoms with E-state index in [0.29, 0.717) is 27.7 Å². The maximum atomic E-state index is 12.7. The highest BCUT2D eigenvalue weighted by molar-refractivity contribution is 6.42. The Morgan fingerprint density at radius 3 is 2.65 bits per heavy atom. The average Bonchev–Trinajstić information content (AvgIpc) is 2.65. The van der Waals surface area contributed by atoms with Gasteiger partial charge in [0.2, 0.25) is 0 Å². The summed E-state index contributed by atoms with van der Waals surface area (Å²) in [7, 11) is 0. The SMILES string of the molecule is Cl.O=C(c1ccc(Cl)c(Cl)c1)N1C2CCNCC1CC2. The summed E-state index contributed by atoms with van der Waals surface area (Å²) in [5.74, 6) is 0.0785. The maximum absolute atomic E-state index is 12.7. The monoisotopic (exact) mass is 334 g/mol. The van der Waals surface area contributed by atoms with E-state index in [1.54, 1.807) is 18.2 Å². The summed E-state index contributed by atoms with van der Waals surface area (Å²) in [6, 6.07) is 5.80. The van der Waals surface area contributed by atoms with Gasteiger partial charge in [-0.25, -0.2) is 0 Å². The molecule has 2 bridgehead atoms. The Morgan fingerprint density at radius 2 is 1.90 bits per heavy atom. The minimum Gasteiger partial charge on any atom is -0.331 e. The van der Waals surface area contributed by atoms with Crippen LogP contribution in [-0.4, -0.2) is 36.0 Å². The quantitative estimate of drug-likeness (QED) is 0.853. The zero-order valence-corrected chi connectivity index (χ0v) is 13.3. The molecular weight excluding hydrogens is 319 g/mol. The van der Waals surface area contributed by atoms with E-state index < -0.39 is 0 Å². The number of amides is 1. The van der Waals surface area contributed by atoms with Crippen LogP contribution in [0, 0.1) is 0 Å². The van der Waals surface area contributed by atoms with Crippen LogP contribution in [0.15, 0.2) is 18.2 Å². The minimum atomic E-state index is 0. The van der Waals surface area contributed by atoms with Crippen molar-refractivity contribution in [3.8, 4) is 0 Å². The number of hydrogen-bond acceptors (Lipinski definition) is 2. The van der Waals surface area contributed by atoms with E-state index in [-0.39, 0.29) is 18.3 Å². The molecule has 2 saturated heterocycles. The lowest BCUT2D eigenvalue weighted by Crippen LogP contribution is -2.42. The van der Waals surface area contributed by atoms with Gasteiger partial charge in [0, 0.05) is 24.2 Å². The Morgan fingerprint density at radius 1 is 1.15 bits per heavy atom. The summed E-state index contributed by atoms with van der Waals surface area (Å²) in [6.45, 7) is 1.88. The van der Waals surface area contributed by atoms with Gasteiger partial charge in [0.1, 0.15) is 0 Å². The number of nitrogens with zero attached hydrogens (tertiary/aromatic N) is 1. The summed E-state index contributed by atoms with van der Waals surface area (Å²) < 4.78 is 0. The van der Waals surface area contributed by atoms with Crippen LogP contribution in [0.1, 0.15) is 29.6 Å². The molecule has 6 heteroatoms. The number of halogens is 3. The van der Waals surface area contributed by atoms with Crippen LogP contribution >= 0.6 is 35.6 Å². The van der Waals surface area contributed by atoms with Crippen LogP contribution in [0.25, 0.3) is 0 Å². The minimum absolute atomic E-state index is 0. The van der Waals surface area contributed by atoms with Gasteiger partial charge in [-0.2, -0.15) is 0 Å². The van der Waals surface area contributed by atoms with Gasteiger partial charge >= 0.3 is 0 Å². The van der Waals surface area contributed by atoms with Crippen LogP contribution in [0.5, 0.6) is 0 Å². The van der Waals surface area contributed by atoms with Gasteiger partial charge in [-0.15, -0.1) is 12.4 Å². The van der Waals surface area contributed by atoms with Crippen molar-refractivity contribution in [1.82, 2.24) is 10.2 Å². The lowest BCUT2D eigenvalue weighted by molar-refractivity contribution is 0.0680. The van der Waals surface area contributed by atoms with Crippen LogP contribution in [0.2, 0.25) is 10.0 Å². The number of hydrogen-bond donors (Lipinski definition) is 1. The predicted octanol–water partition coefficient (Wildman–Crippen LogP) is 3.38. The van der Waals surface area contributed by atoms with Crippen molar-refractivity contribution in [1.29, 1.82) is 0 Å². The summed E-state index contributed by atoms with van der Waals surface area (Å²) in [5.41, 5.74) is 0.633. The number of benzene rings is 1. The fourth-order valence-electron chi connectivity index (χ4n) is 3.09. The molecule has 3 rings (SSSR count). The largest absolute Gasteiger partial charge is 0.331 e. The lowest BCUT2D eigenvalue weighted by atomic mass is 10.1. The lowest BCUT2D eigenvalue weighted by Gasteiger charge is -2.28. The third-order valence-electron chi connectivity index (χ3n) is 4.06. The van der Waals surface area contributed by atoms with Gasteiger partial charge in [-0.1, -0.05) is 23.2 Å². The average molecular weight is 336 g/mol. The molecule has 2 heterocycles. The molecule has 0 radical (unpaired) electrons. The molecule has 2 atom stereocenters. The smallest absolute Gasteiger partial charge is 0.254 e. The van der Waals surface area contributed by atoms with Crippen molar-refractivity contribution in [3.05, 3.63) is 33.8 Å². The molecule has 1 aromatic carbocycles. The molecule has 2 aliphatic heterocycles. The molecule has 0 aromatic heterocycles. The second kappa shape index (κ2) is 6.52. The predicted molar refractivity (Wildman–Crippen MR) is 84.2 cm³/mol. The number of rotatable bonds is 1. The summed E-state index contributed by atoms with van der Waals surface area (Å²) >= 11 is 11.9. The van der Waals surface area contributed by atoms with Gasteiger partial charge in [0.05, 0.1) is 10.0 Å². The molecule has 0 saturated carbocycles. The fraction of sp³-hybridized carbons (Fsp3) is 0.500. The molecule has 1 aromatic rings. The van der Waals surface area contributed by atoms with Gasteiger partial charge in [-0.05, 0) is 44.0 Å². The van der Waals surface area contributed by atoms with Crippen LogP contribution < -0.4 is 5.32 Å². The Kier molecular flexibility index (Phi) is 5.19. The molecule has 1 N–H and O–H groups in total. The van der Waals surface area contributed by atoms with E-state index in [1.165, 1.54) is 0 Å². The van der Waals surface area contributed by atoms with Gasteiger partial charge in [0.15, 0.2) is 0 Å². The molecule has 0 aliphatic carbocycles. The molecule has 2 aliphatic rings. The van der Waals surface area contributed by atoms with Crippen molar-refractivity contribution in [2.45, 2.75) is 31.3 Å². The Hall–Kier alpha value is -0.480. The molecule has 0 spiro atoms. The second-order valence-electron chi connectivity index (χ2n) is 5.22. The zero-order chi connectivity index (χ0) is 13.4.